The number of anilines is 1. The Hall–Kier alpha value is -0.830. The quantitative estimate of drug-likeness (QED) is 0.730. The highest BCUT2D eigenvalue weighted by atomic mass is 35.5. The fourth-order valence-corrected chi connectivity index (χ4v) is 3.17. The molecule has 3 rings (SSSR count). The topological polar surface area (TPSA) is 29.0 Å². The highest BCUT2D eigenvalue weighted by molar-refractivity contribution is 6.30. The van der Waals surface area contributed by atoms with Crippen LogP contribution in [0.2, 0.25) is 5.15 Å². The Balaban J connectivity index is 1.86. The zero-order chi connectivity index (χ0) is 12.5. The van der Waals surface area contributed by atoms with Gasteiger partial charge in [0.05, 0.1) is 5.69 Å². The van der Waals surface area contributed by atoms with E-state index >= 15 is 0 Å². The molecule has 18 heavy (non-hydrogen) atoms. The van der Waals surface area contributed by atoms with Gasteiger partial charge >= 0.3 is 0 Å². The largest absolute Gasteiger partial charge is 0.341 e. The highest BCUT2D eigenvalue weighted by Gasteiger charge is 2.22. The van der Waals surface area contributed by atoms with E-state index in [1.54, 1.807) is 0 Å². The third-order valence-corrected chi connectivity index (χ3v) is 4.50. The number of halogens is 1. The van der Waals surface area contributed by atoms with Crippen LogP contribution < -0.4 is 4.90 Å². The van der Waals surface area contributed by atoms with Crippen molar-refractivity contribution in [3.63, 3.8) is 0 Å². The molecule has 0 saturated carbocycles. The van der Waals surface area contributed by atoms with E-state index in [4.69, 9.17) is 16.6 Å². The van der Waals surface area contributed by atoms with Crippen LogP contribution in [0.3, 0.4) is 0 Å². The van der Waals surface area contributed by atoms with Crippen molar-refractivity contribution in [1.82, 2.24) is 9.97 Å². The molecule has 0 bridgehead atoms. The summed E-state index contributed by atoms with van der Waals surface area (Å²) in [5.74, 6) is 1.68. The summed E-state index contributed by atoms with van der Waals surface area (Å²) >= 11 is 6.32. The van der Waals surface area contributed by atoms with Gasteiger partial charge in [-0.1, -0.05) is 18.5 Å². The molecule has 1 aliphatic heterocycles. The molecule has 1 saturated heterocycles. The summed E-state index contributed by atoms with van der Waals surface area (Å²) < 4.78 is 0. The molecule has 98 valence electrons. The average Bonchev–Trinajstić information content (AvgIpc) is 2.39. The lowest BCUT2D eigenvalue weighted by atomic mass is 9.97. The van der Waals surface area contributed by atoms with Gasteiger partial charge in [-0.25, -0.2) is 9.97 Å². The van der Waals surface area contributed by atoms with E-state index in [9.17, 15) is 0 Å². The molecule has 2 heterocycles. The molecular weight excluding hydrogens is 246 g/mol. The number of nitrogens with zero attached hydrogens (tertiary/aromatic N) is 3. The van der Waals surface area contributed by atoms with Gasteiger partial charge in [0, 0.05) is 18.7 Å². The molecule has 0 N–H and O–H groups in total. The first kappa shape index (κ1) is 12.2. The third kappa shape index (κ3) is 2.33. The SMILES string of the molecule is CC1CCN(c2nc(Cl)c3c(n2)CCCC3)CC1. The number of rotatable bonds is 1. The number of hydrogen-bond donors (Lipinski definition) is 0. The predicted octanol–water partition coefficient (Wildman–Crippen LogP) is 3.25. The highest BCUT2D eigenvalue weighted by Crippen LogP contribution is 2.28. The minimum absolute atomic E-state index is 0.688. The van der Waals surface area contributed by atoms with Crippen molar-refractivity contribution in [3.8, 4) is 0 Å². The Labute approximate surface area is 114 Å². The molecule has 0 unspecified atom stereocenters. The normalized spacial score (nSPS) is 20.9. The molecule has 1 aromatic rings. The molecule has 0 spiro atoms. The van der Waals surface area contributed by atoms with E-state index in [0.29, 0.717) is 5.15 Å². The summed E-state index contributed by atoms with van der Waals surface area (Å²) in [7, 11) is 0. The van der Waals surface area contributed by atoms with E-state index in [1.165, 1.54) is 36.9 Å². The molecule has 4 heteroatoms. The lowest BCUT2D eigenvalue weighted by molar-refractivity contribution is 0.434. The van der Waals surface area contributed by atoms with E-state index < -0.39 is 0 Å². The molecule has 3 nitrogen and oxygen atoms in total. The van der Waals surface area contributed by atoms with Crippen LogP contribution in [-0.4, -0.2) is 23.1 Å². The van der Waals surface area contributed by atoms with Crippen LogP contribution in [0.1, 0.15) is 43.9 Å². The minimum atomic E-state index is 0.688. The molecule has 1 aromatic heterocycles. The van der Waals surface area contributed by atoms with E-state index in [1.807, 2.05) is 0 Å². The zero-order valence-corrected chi connectivity index (χ0v) is 11.7. The third-order valence-electron chi connectivity index (χ3n) is 4.19. The molecule has 0 amide bonds. The van der Waals surface area contributed by atoms with Crippen molar-refractivity contribution in [2.75, 3.05) is 18.0 Å². The number of piperidine rings is 1. The maximum atomic E-state index is 6.32. The van der Waals surface area contributed by atoms with E-state index in [2.05, 4.69) is 16.8 Å². The van der Waals surface area contributed by atoms with Crippen LogP contribution in [0, 0.1) is 5.92 Å². The van der Waals surface area contributed by atoms with Crippen molar-refractivity contribution in [1.29, 1.82) is 0 Å². The van der Waals surface area contributed by atoms with Crippen molar-refractivity contribution in [2.24, 2.45) is 5.92 Å². The zero-order valence-electron chi connectivity index (χ0n) is 11.0. The van der Waals surface area contributed by atoms with Gasteiger partial charge in [0.1, 0.15) is 5.15 Å². The molecule has 0 aromatic carbocycles. The van der Waals surface area contributed by atoms with Gasteiger partial charge in [0.15, 0.2) is 0 Å². The van der Waals surface area contributed by atoms with Crippen LogP contribution >= 0.6 is 11.6 Å². The number of hydrogen-bond acceptors (Lipinski definition) is 3. The summed E-state index contributed by atoms with van der Waals surface area (Å²) in [6.07, 6.45) is 7.03. The number of aryl methyl sites for hydroxylation is 1. The Morgan fingerprint density at radius 1 is 1.11 bits per heavy atom. The van der Waals surface area contributed by atoms with Crippen molar-refractivity contribution in [2.45, 2.75) is 45.4 Å². The fraction of sp³-hybridized carbons (Fsp3) is 0.714. The van der Waals surface area contributed by atoms with Gasteiger partial charge in [-0.15, -0.1) is 0 Å². The summed E-state index contributed by atoms with van der Waals surface area (Å²) in [4.78, 5) is 11.6. The van der Waals surface area contributed by atoms with Crippen molar-refractivity contribution >= 4 is 17.5 Å². The number of fused-ring (bicyclic) bond motifs is 1. The second-order valence-electron chi connectivity index (χ2n) is 5.62. The molecule has 2 aliphatic rings. The molecule has 0 atom stereocenters. The monoisotopic (exact) mass is 265 g/mol. The van der Waals surface area contributed by atoms with Crippen LogP contribution in [0.15, 0.2) is 0 Å². The molecule has 1 fully saturated rings. The van der Waals surface area contributed by atoms with Crippen LogP contribution in [0.25, 0.3) is 0 Å². The lowest BCUT2D eigenvalue weighted by Gasteiger charge is -2.31. The predicted molar refractivity (Wildman–Crippen MR) is 74.3 cm³/mol. The fourth-order valence-electron chi connectivity index (χ4n) is 2.89. The van der Waals surface area contributed by atoms with Gasteiger partial charge < -0.3 is 4.90 Å². The molecule has 0 radical (unpaired) electrons. The maximum Gasteiger partial charge on any atom is 0.227 e. The van der Waals surface area contributed by atoms with E-state index in [-0.39, 0.29) is 0 Å². The smallest absolute Gasteiger partial charge is 0.227 e. The summed E-state index contributed by atoms with van der Waals surface area (Å²) in [6.45, 7) is 4.45. The first-order valence-electron chi connectivity index (χ1n) is 7.04. The van der Waals surface area contributed by atoms with Gasteiger partial charge in [-0.05, 0) is 44.4 Å². The summed E-state index contributed by atoms with van der Waals surface area (Å²) in [5, 5.41) is 0.688. The number of aromatic nitrogens is 2. The van der Waals surface area contributed by atoms with E-state index in [0.717, 1.165) is 37.8 Å². The lowest BCUT2D eigenvalue weighted by Crippen LogP contribution is -2.34. The van der Waals surface area contributed by atoms with Gasteiger partial charge in [-0.3, -0.25) is 0 Å². The van der Waals surface area contributed by atoms with Gasteiger partial charge in [0.25, 0.3) is 0 Å². The Kier molecular flexibility index (Phi) is 3.42. The summed E-state index contributed by atoms with van der Waals surface area (Å²) in [6, 6.07) is 0. The molecular formula is C14H20ClN3. The first-order valence-corrected chi connectivity index (χ1v) is 7.42. The van der Waals surface area contributed by atoms with Gasteiger partial charge in [0.2, 0.25) is 5.95 Å². The Bertz CT molecular complexity index is 439. The van der Waals surface area contributed by atoms with Crippen molar-refractivity contribution in [3.05, 3.63) is 16.4 Å². The molecule has 1 aliphatic carbocycles. The van der Waals surface area contributed by atoms with Crippen LogP contribution in [0.4, 0.5) is 5.95 Å². The average molecular weight is 266 g/mol. The van der Waals surface area contributed by atoms with Crippen molar-refractivity contribution < 1.29 is 0 Å². The Morgan fingerprint density at radius 2 is 1.83 bits per heavy atom. The Morgan fingerprint density at radius 3 is 2.61 bits per heavy atom. The van der Waals surface area contributed by atoms with Crippen LogP contribution in [-0.2, 0) is 12.8 Å². The first-order chi connectivity index (χ1) is 8.74. The van der Waals surface area contributed by atoms with Crippen LogP contribution in [0.5, 0.6) is 0 Å². The minimum Gasteiger partial charge on any atom is -0.341 e. The second-order valence-corrected chi connectivity index (χ2v) is 5.97. The second kappa shape index (κ2) is 5.04. The standard InChI is InChI=1S/C14H20ClN3/c1-10-6-8-18(9-7-10)14-16-12-5-3-2-4-11(12)13(15)17-14/h10H,2-9H2,1H3. The summed E-state index contributed by atoms with van der Waals surface area (Å²) in [5.41, 5.74) is 2.38. The maximum absolute atomic E-state index is 6.32. The van der Waals surface area contributed by atoms with Gasteiger partial charge in [-0.2, -0.15) is 0 Å².